The Hall–Kier alpha value is -4.31. The summed E-state index contributed by atoms with van der Waals surface area (Å²) in [7, 11) is -9.79. The summed E-state index contributed by atoms with van der Waals surface area (Å²) in [6.45, 7) is 2.55. The lowest BCUT2D eigenvalue weighted by Crippen LogP contribution is -2.30. The highest BCUT2D eigenvalue weighted by Gasteiger charge is 2.30. The first-order valence-electron chi connectivity index (χ1n) is 49.5. The predicted octanol–water partition coefficient (Wildman–Crippen LogP) is 30.9. The van der Waals surface area contributed by atoms with E-state index >= 15 is 0 Å². The van der Waals surface area contributed by atoms with E-state index in [2.05, 4.69) is 154 Å². The summed E-state index contributed by atoms with van der Waals surface area (Å²) in [5, 5.41) is 20.7. The van der Waals surface area contributed by atoms with Crippen LogP contribution in [0.25, 0.3) is 0 Å². The molecule has 5 unspecified atom stereocenters. The van der Waals surface area contributed by atoms with Crippen LogP contribution in [-0.2, 0) is 55.8 Å². The average Bonchev–Trinajstić information content (AvgIpc) is 0.890. The standard InChI is InChI=1S/C103H182O16P2/c1-4-7-10-13-16-19-22-25-28-30-32-34-36-38-40-42-44-46-48-50-52-54-56-58-60-62-64-66-69-71-74-77-80-83-86-89-101(106)113-92-98(104)93-115-120(109,110)116-94-99(105)95-117-121(111,112)118-97-100(119-103(108)91-88-85-82-79-76-73-68-27-24-21-18-15-12-9-6-3)96-114-102(107)90-87-84-81-78-75-72-70-67-65-63-61-59-57-55-53-51-49-47-45-43-41-39-37-35-33-31-29-26-23-20-17-14-11-8-5-2/h7-8,10-11,16-17,19-20,25-26,28-29,32-35,38-41,44,46,98-100,104-105H,4-6,9,12-15,18,21-24,27,30-31,36-37,42-43,45,47-97H2,1-3H3,(H,109,110)(H,111,112)/b10-7-,11-8-,19-16-,20-17-,28-25-,29-26-,34-32-,35-33-,40-38-,41-39-,46-44-. The van der Waals surface area contributed by atoms with Gasteiger partial charge in [0, 0.05) is 19.3 Å². The van der Waals surface area contributed by atoms with Crippen LogP contribution in [0.2, 0.25) is 0 Å². The molecular weight excluding hydrogens is 1560 g/mol. The molecule has 4 N–H and O–H groups in total. The molecule has 0 saturated heterocycles. The highest BCUT2D eigenvalue weighted by Crippen LogP contribution is 2.45. The lowest BCUT2D eigenvalue weighted by atomic mass is 10.0. The number of phosphoric acid groups is 2. The van der Waals surface area contributed by atoms with Crippen LogP contribution in [0.15, 0.2) is 134 Å². The second-order valence-electron chi connectivity index (χ2n) is 33.2. The van der Waals surface area contributed by atoms with Gasteiger partial charge in [-0.05, 0) is 116 Å². The van der Waals surface area contributed by atoms with E-state index in [-0.39, 0.29) is 19.3 Å². The average molecular weight is 1740 g/mol. The first kappa shape index (κ1) is 117. The zero-order valence-electron chi connectivity index (χ0n) is 77.4. The van der Waals surface area contributed by atoms with E-state index in [0.29, 0.717) is 19.3 Å². The lowest BCUT2D eigenvalue weighted by molar-refractivity contribution is -0.161. The number of allylic oxidation sites excluding steroid dienone is 22. The van der Waals surface area contributed by atoms with Gasteiger partial charge < -0.3 is 34.2 Å². The summed E-state index contributed by atoms with van der Waals surface area (Å²) in [6.07, 6.45) is 120. The number of aliphatic hydroxyl groups excluding tert-OH is 2. The molecular formula is C103H182O16P2. The van der Waals surface area contributed by atoms with E-state index < -0.39 is 91.5 Å². The second-order valence-corrected chi connectivity index (χ2v) is 36.1. The van der Waals surface area contributed by atoms with Crippen LogP contribution in [0, 0.1) is 0 Å². The van der Waals surface area contributed by atoms with Crippen molar-refractivity contribution in [1.82, 2.24) is 0 Å². The van der Waals surface area contributed by atoms with E-state index in [0.717, 1.165) is 135 Å². The van der Waals surface area contributed by atoms with E-state index in [1.165, 1.54) is 250 Å². The fraction of sp³-hybridized carbons (Fsp3) is 0.757. The smallest absolute Gasteiger partial charge is 0.463 e. The molecule has 0 aliphatic heterocycles. The summed E-state index contributed by atoms with van der Waals surface area (Å²) < 4.78 is 61.5. The van der Waals surface area contributed by atoms with Gasteiger partial charge in [0.15, 0.2) is 6.10 Å². The molecule has 0 bridgehead atoms. The van der Waals surface area contributed by atoms with Crippen LogP contribution in [0.4, 0.5) is 0 Å². The first-order chi connectivity index (χ1) is 59.2. The summed E-state index contributed by atoms with van der Waals surface area (Å²) in [6, 6.07) is 0. The molecule has 0 radical (unpaired) electrons. The lowest BCUT2D eigenvalue weighted by Gasteiger charge is -2.21. The van der Waals surface area contributed by atoms with E-state index in [1.807, 2.05) is 0 Å². The maximum Gasteiger partial charge on any atom is 0.472 e. The molecule has 0 rings (SSSR count). The van der Waals surface area contributed by atoms with Crippen molar-refractivity contribution in [2.45, 2.75) is 463 Å². The van der Waals surface area contributed by atoms with Gasteiger partial charge in [-0.1, -0.05) is 443 Å². The fourth-order valence-corrected chi connectivity index (χ4v) is 15.5. The van der Waals surface area contributed by atoms with Crippen molar-refractivity contribution in [1.29, 1.82) is 0 Å². The molecule has 16 nitrogen and oxygen atoms in total. The van der Waals surface area contributed by atoms with Gasteiger partial charge in [0.2, 0.25) is 0 Å². The van der Waals surface area contributed by atoms with Gasteiger partial charge in [0.1, 0.15) is 25.4 Å². The SMILES string of the molecule is CC/C=C\C/C=C\C/C=C\C/C=C\C/C=C\C/C=C\CCCCCCCCCCCCCCCCCCC(=O)OCC(O)COP(=O)(O)OCC(O)COP(=O)(O)OCC(COC(=O)CCCCCCCCCCCCCCCCCCCCC/C=C\C/C=C\C/C=C\C/C=C\C/C=C\CC)OC(=O)CCCCCCCCCCCCCCCCC. The van der Waals surface area contributed by atoms with E-state index in [9.17, 15) is 43.5 Å². The molecule has 0 aliphatic rings. The molecule has 0 amide bonds. The molecule has 0 aromatic rings. The Kier molecular flexibility index (Phi) is 91.4. The summed E-state index contributed by atoms with van der Waals surface area (Å²) in [4.78, 5) is 59.0. The van der Waals surface area contributed by atoms with Gasteiger partial charge in [0.25, 0.3) is 0 Å². The second kappa shape index (κ2) is 94.8. The molecule has 0 heterocycles. The molecule has 0 spiro atoms. The number of hydrogen-bond acceptors (Lipinski definition) is 14. The maximum atomic E-state index is 13.0. The highest BCUT2D eigenvalue weighted by atomic mass is 31.2. The Morgan fingerprint density at radius 3 is 0.694 bits per heavy atom. The third-order valence-corrected chi connectivity index (χ3v) is 23.3. The van der Waals surface area contributed by atoms with Gasteiger partial charge in [0.05, 0.1) is 26.4 Å². The minimum Gasteiger partial charge on any atom is -0.463 e. The number of rotatable bonds is 94. The molecule has 18 heteroatoms. The monoisotopic (exact) mass is 1740 g/mol. The van der Waals surface area contributed by atoms with E-state index in [1.54, 1.807) is 0 Å². The van der Waals surface area contributed by atoms with Gasteiger partial charge in [-0.2, -0.15) is 0 Å². The fourth-order valence-electron chi connectivity index (χ4n) is 14.0. The largest absolute Gasteiger partial charge is 0.472 e. The number of esters is 3. The number of phosphoric ester groups is 2. The number of carbonyl (C=O) groups is 3. The van der Waals surface area contributed by atoms with Gasteiger partial charge >= 0.3 is 33.6 Å². The molecule has 0 saturated carbocycles. The Labute approximate surface area is 741 Å². The van der Waals surface area contributed by atoms with Gasteiger partial charge in [-0.3, -0.25) is 32.5 Å². The van der Waals surface area contributed by atoms with Crippen molar-refractivity contribution in [2.75, 3.05) is 39.6 Å². The molecule has 0 aromatic carbocycles. The van der Waals surface area contributed by atoms with Crippen LogP contribution in [0.5, 0.6) is 0 Å². The molecule has 5 atom stereocenters. The summed E-state index contributed by atoms with van der Waals surface area (Å²) in [5.74, 6) is -1.54. The van der Waals surface area contributed by atoms with Crippen molar-refractivity contribution in [3.8, 4) is 0 Å². The third-order valence-electron chi connectivity index (χ3n) is 21.4. The summed E-state index contributed by atoms with van der Waals surface area (Å²) in [5.41, 5.74) is 0. The number of hydrogen-bond donors (Lipinski definition) is 4. The van der Waals surface area contributed by atoms with Crippen LogP contribution < -0.4 is 0 Å². The Morgan fingerprint density at radius 2 is 0.438 bits per heavy atom. The molecule has 0 aromatic heterocycles. The number of aliphatic hydroxyl groups is 2. The van der Waals surface area contributed by atoms with Crippen molar-refractivity contribution in [3.05, 3.63) is 134 Å². The first-order valence-corrected chi connectivity index (χ1v) is 52.5. The normalized spacial score (nSPS) is 14.3. The number of carbonyl (C=O) groups excluding carboxylic acids is 3. The molecule has 700 valence electrons. The molecule has 0 aliphatic carbocycles. The summed E-state index contributed by atoms with van der Waals surface area (Å²) >= 11 is 0. The van der Waals surface area contributed by atoms with Crippen LogP contribution >= 0.6 is 15.6 Å². The maximum absolute atomic E-state index is 13.0. The zero-order chi connectivity index (χ0) is 87.9. The quantitative estimate of drug-likeness (QED) is 0.0146. The highest BCUT2D eigenvalue weighted by molar-refractivity contribution is 7.47. The number of unbranched alkanes of at least 4 members (excludes halogenated alkanes) is 49. The topological polar surface area (TPSA) is 231 Å². The van der Waals surface area contributed by atoms with E-state index in [4.69, 9.17) is 32.3 Å². The van der Waals surface area contributed by atoms with Crippen LogP contribution in [0.3, 0.4) is 0 Å². The number of ether oxygens (including phenoxy) is 3. The third kappa shape index (κ3) is 96.2. The molecule has 0 fully saturated rings. The van der Waals surface area contributed by atoms with Crippen molar-refractivity contribution in [3.63, 3.8) is 0 Å². The van der Waals surface area contributed by atoms with Crippen LogP contribution in [-0.4, -0.2) is 95.9 Å². The van der Waals surface area contributed by atoms with Crippen LogP contribution in [0.1, 0.15) is 445 Å². The van der Waals surface area contributed by atoms with Crippen molar-refractivity contribution in [2.24, 2.45) is 0 Å². The predicted molar refractivity (Wildman–Crippen MR) is 510 cm³/mol. The van der Waals surface area contributed by atoms with Crippen molar-refractivity contribution >= 4 is 33.6 Å². The minimum atomic E-state index is -4.93. The Balaban J connectivity index is 4.39. The van der Waals surface area contributed by atoms with Crippen molar-refractivity contribution < 1.29 is 75.8 Å². The van der Waals surface area contributed by atoms with Gasteiger partial charge in [-0.25, -0.2) is 9.13 Å². The Bertz CT molecular complexity index is 2730. The Morgan fingerprint density at radius 1 is 0.240 bits per heavy atom. The van der Waals surface area contributed by atoms with Gasteiger partial charge in [-0.15, -0.1) is 0 Å². The zero-order valence-corrected chi connectivity index (χ0v) is 79.2. The minimum absolute atomic E-state index is 0.111. The molecule has 121 heavy (non-hydrogen) atoms.